The third-order valence-corrected chi connectivity index (χ3v) is 6.69. The van der Waals surface area contributed by atoms with E-state index in [2.05, 4.69) is 22.9 Å². The summed E-state index contributed by atoms with van der Waals surface area (Å²) in [5, 5.41) is 0.309. The summed E-state index contributed by atoms with van der Waals surface area (Å²) in [6.07, 6.45) is 5.93. The highest BCUT2D eigenvalue weighted by atomic mass is 79.9. The summed E-state index contributed by atoms with van der Waals surface area (Å²) in [5.74, 6) is 0.601. The van der Waals surface area contributed by atoms with Crippen molar-refractivity contribution in [3.8, 4) is 0 Å². The van der Waals surface area contributed by atoms with Crippen LogP contribution in [-0.2, 0) is 10.8 Å². The first-order valence-corrected chi connectivity index (χ1v) is 8.59. The van der Waals surface area contributed by atoms with E-state index in [-0.39, 0.29) is 0 Å². The third kappa shape index (κ3) is 2.97. The second-order valence-electron chi connectivity index (χ2n) is 4.98. The number of halogens is 1. The zero-order chi connectivity index (χ0) is 13.1. The Labute approximate surface area is 120 Å². The van der Waals surface area contributed by atoms with Gasteiger partial charge >= 0.3 is 0 Å². The van der Waals surface area contributed by atoms with E-state index in [9.17, 15) is 4.21 Å². The second-order valence-corrected chi connectivity index (χ2v) is 7.47. The first-order chi connectivity index (χ1) is 8.63. The quantitative estimate of drug-likeness (QED) is 0.848. The zero-order valence-corrected chi connectivity index (χ0v) is 13.1. The number of rotatable bonds is 3. The van der Waals surface area contributed by atoms with Gasteiger partial charge < -0.3 is 5.73 Å². The molecule has 100 valence electrons. The molecule has 2 N–H and O–H groups in total. The van der Waals surface area contributed by atoms with Gasteiger partial charge in [0, 0.05) is 15.4 Å². The topological polar surface area (TPSA) is 43.1 Å². The molecule has 1 aliphatic rings. The second kappa shape index (κ2) is 6.20. The lowest BCUT2D eigenvalue weighted by molar-refractivity contribution is 0.355. The van der Waals surface area contributed by atoms with Crippen LogP contribution in [0.3, 0.4) is 0 Å². The molecule has 18 heavy (non-hydrogen) atoms. The molecule has 0 bridgehead atoms. The third-order valence-electron chi connectivity index (χ3n) is 3.81. The molecule has 0 aliphatic heterocycles. The van der Waals surface area contributed by atoms with Crippen molar-refractivity contribution in [3.05, 3.63) is 22.7 Å². The largest absolute Gasteiger partial charge is 0.399 e. The minimum atomic E-state index is -0.922. The first kappa shape index (κ1) is 14.1. The molecule has 1 saturated carbocycles. The summed E-state index contributed by atoms with van der Waals surface area (Å²) < 4.78 is 13.6. The first-order valence-electron chi connectivity index (χ1n) is 6.59. The molecule has 0 saturated heterocycles. The van der Waals surface area contributed by atoms with Crippen molar-refractivity contribution in [3.63, 3.8) is 0 Å². The summed E-state index contributed by atoms with van der Waals surface area (Å²) in [7, 11) is -0.922. The van der Waals surface area contributed by atoms with Gasteiger partial charge in [0.2, 0.25) is 0 Å². The molecule has 2 nitrogen and oxygen atoms in total. The minimum Gasteiger partial charge on any atom is -0.399 e. The van der Waals surface area contributed by atoms with Gasteiger partial charge in [-0.3, -0.25) is 4.21 Å². The zero-order valence-electron chi connectivity index (χ0n) is 10.7. The minimum absolute atomic E-state index is 0.309. The fourth-order valence-corrected chi connectivity index (χ4v) is 5.48. The lowest BCUT2D eigenvalue weighted by atomic mass is 9.87. The molecule has 4 heteroatoms. The van der Waals surface area contributed by atoms with Crippen LogP contribution < -0.4 is 5.73 Å². The van der Waals surface area contributed by atoms with Crippen molar-refractivity contribution in [2.75, 3.05) is 5.73 Å². The SMILES string of the molecule is CCC1CCCCC1S(=O)c1ccc(N)cc1Br. The summed E-state index contributed by atoms with van der Waals surface area (Å²) in [6.45, 7) is 2.21. The van der Waals surface area contributed by atoms with Crippen molar-refractivity contribution in [2.45, 2.75) is 49.2 Å². The van der Waals surface area contributed by atoms with Crippen molar-refractivity contribution >= 4 is 32.4 Å². The number of hydrogen-bond acceptors (Lipinski definition) is 2. The molecule has 0 radical (unpaired) electrons. The van der Waals surface area contributed by atoms with Crippen molar-refractivity contribution in [1.29, 1.82) is 0 Å². The molecule has 0 spiro atoms. The summed E-state index contributed by atoms with van der Waals surface area (Å²) in [4.78, 5) is 0.898. The van der Waals surface area contributed by atoms with E-state index in [0.29, 0.717) is 16.9 Å². The van der Waals surface area contributed by atoms with Crippen LogP contribution in [0.4, 0.5) is 5.69 Å². The lowest BCUT2D eigenvalue weighted by Gasteiger charge is -2.30. The molecule has 1 fully saturated rings. The average Bonchev–Trinajstić information content (AvgIpc) is 2.38. The fraction of sp³-hybridized carbons (Fsp3) is 0.571. The molecule has 1 aromatic rings. The van der Waals surface area contributed by atoms with Gasteiger partial charge in [0.25, 0.3) is 0 Å². The van der Waals surface area contributed by atoms with Crippen molar-refractivity contribution < 1.29 is 4.21 Å². The maximum absolute atomic E-state index is 12.7. The summed E-state index contributed by atoms with van der Waals surface area (Å²) in [6, 6.07) is 5.58. The molecule has 3 unspecified atom stereocenters. The average molecular weight is 330 g/mol. The number of benzene rings is 1. The van der Waals surface area contributed by atoms with Crippen LogP contribution in [0.5, 0.6) is 0 Å². The van der Waals surface area contributed by atoms with Crippen LogP contribution in [0, 0.1) is 5.92 Å². The van der Waals surface area contributed by atoms with Crippen LogP contribution in [0.2, 0.25) is 0 Å². The number of hydrogen-bond donors (Lipinski definition) is 1. The molecule has 1 aromatic carbocycles. The van der Waals surface area contributed by atoms with Crippen LogP contribution in [0.1, 0.15) is 39.0 Å². The smallest absolute Gasteiger partial charge is 0.0575 e. The highest BCUT2D eigenvalue weighted by Crippen LogP contribution is 2.35. The normalized spacial score (nSPS) is 25.9. The van der Waals surface area contributed by atoms with Crippen LogP contribution >= 0.6 is 15.9 Å². The highest BCUT2D eigenvalue weighted by Gasteiger charge is 2.30. The van der Waals surface area contributed by atoms with Gasteiger partial charge in [-0.2, -0.15) is 0 Å². The molecule has 2 rings (SSSR count). The van der Waals surface area contributed by atoms with Gasteiger partial charge in [0.15, 0.2) is 0 Å². The standard InChI is InChI=1S/C14H20BrNOS/c1-2-10-5-3-4-6-13(10)18(17)14-8-7-11(16)9-12(14)15/h7-10,13H,2-6,16H2,1H3. The predicted octanol–water partition coefficient (Wildman–Crippen LogP) is 4.11. The molecule has 1 aliphatic carbocycles. The van der Waals surface area contributed by atoms with E-state index < -0.39 is 10.8 Å². The van der Waals surface area contributed by atoms with Gasteiger partial charge in [0.05, 0.1) is 15.7 Å². The van der Waals surface area contributed by atoms with E-state index in [1.807, 2.05) is 18.2 Å². The molecule has 3 atom stereocenters. The van der Waals surface area contributed by atoms with Crippen molar-refractivity contribution in [2.24, 2.45) is 5.92 Å². The molecular weight excluding hydrogens is 310 g/mol. The Bertz CT molecular complexity index is 449. The Morgan fingerprint density at radius 1 is 1.39 bits per heavy atom. The van der Waals surface area contributed by atoms with E-state index in [1.165, 1.54) is 19.3 Å². The summed E-state index contributed by atoms with van der Waals surface area (Å²) >= 11 is 3.48. The van der Waals surface area contributed by atoms with Gasteiger partial charge in [0.1, 0.15) is 0 Å². The van der Waals surface area contributed by atoms with Gasteiger partial charge in [-0.1, -0.05) is 26.2 Å². The Morgan fingerprint density at radius 2 is 2.11 bits per heavy atom. The van der Waals surface area contributed by atoms with Gasteiger partial charge in [-0.15, -0.1) is 0 Å². The summed E-state index contributed by atoms with van der Waals surface area (Å²) in [5.41, 5.74) is 6.44. The van der Waals surface area contributed by atoms with E-state index in [0.717, 1.165) is 22.2 Å². The Hall–Kier alpha value is -0.350. The van der Waals surface area contributed by atoms with Gasteiger partial charge in [-0.05, 0) is 52.9 Å². The molecule has 0 amide bonds. The maximum Gasteiger partial charge on any atom is 0.0575 e. The molecule has 0 heterocycles. The van der Waals surface area contributed by atoms with E-state index >= 15 is 0 Å². The van der Waals surface area contributed by atoms with Crippen LogP contribution in [0.15, 0.2) is 27.6 Å². The Balaban J connectivity index is 2.24. The van der Waals surface area contributed by atoms with Gasteiger partial charge in [-0.25, -0.2) is 0 Å². The number of nitrogens with two attached hydrogens (primary N) is 1. The van der Waals surface area contributed by atoms with E-state index in [4.69, 9.17) is 5.73 Å². The Kier molecular flexibility index (Phi) is 4.84. The lowest BCUT2D eigenvalue weighted by Crippen LogP contribution is -2.29. The van der Waals surface area contributed by atoms with Crippen LogP contribution in [-0.4, -0.2) is 9.46 Å². The molecule has 0 aromatic heterocycles. The highest BCUT2D eigenvalue weighted by molar-refractivity contribution is 9.10. The van der Waals surface area contributed by atoms with Crippen molar-refractivity contribution in [1.82, 2.24) is 0 Å². The van der Waals surface area contributed by atoms with E-state index in [1.54, 1.807) is 0 Å². The fourth-order valence-electron chi connectivity index (χ4n) is 2.77. The maximum atomic E-state index is 12.7. The van der Waals surface area contributed by atoms with Crippen LogP contribution in [0.25, 0.3) is 0 Å². The number of nitrogen functional groups attached to an aromatic ring is 1. The number of anilines is 1. The predicted molar refractivity (Wildman–Crippen MR) is 81.0 cm³/mol. The monoisotopic (exact) mass is 329 g/mol. The Morgan fingerprint density at radius 3 is 2.78 bits per heavy atom. The molecular formula is C14H20BrNOS.